The quantitative estimate of drug-likeness (QED) is 0.688. The lowest BCUT2D eigenvalue weighted by Gasteiger charge is -1.97. The zero-order valence-corrected chi connectivity index (χ0v) is 10.1. The van der Waals surface area contributed by atoms with E-state index in [2.05, 4.69) is 0 Å². The van der Waals surface area contributed by atoms with Crippen LogP contribution in [0, 0.1) is 0 Å². The summed E-state index contributed by atoms with van der Waals surface area (Å²) in [6, 6.07) is 14.0. The van der Waals surface area contributed by atoms with E-state index < -0.39 is 0 Å². The van der Waals surface area contributed by atoms with Crippen molar-refractivity contribution >= 4 is 0 Å². The first-order valence-corrected chi connectivity index (χ1v) is 5.90. The molecule has 0 radical (unpaired) electrons. The molecule has 2 N–H and O–H groups in total. The zero-order chi connectivity index (χ0) is 13.2. The maximum Gasteiger partial charge on any atom is 0.254 e. The van der Waals surface area contributed by atoms with Crippen molar-refractivity contribution in [3.8, 4) is 22.9 Å². The topological polar surface area (TPSA) is 49.3 Å². The van der Waals surface area contributed by atoms with Gasteiger partial charge in [0.2, 0.25) is 0 Å². The summed E-state index contributed by atoms with van der Waals surface area (Å²) in [6.07, 6.45) is 5.79. The fourth-order valence-electron chi connectivity index (χ4n) is 1.91. The normalized spacial score (nSPS) is 10.5. The van der Waals surface area contributed by atoms with E-state index in [1.807, 2.05) is 52.1 Å². The van der Waals surface area contributed by atoms with E-state index in [-0.39, 0.29) is 11.5 Å². The van der Waals surface area contributed by atoms with Crippen LogP contribution >= 0.6 is 0 Å². The van der Waals surface area contributed by atoms with Crippen LogP contribution in [-0.2, 0) is 0 Å². The van der Waals surface area contributed by atoms with E-state index in [1.54, 1.807) is 24.3 Å². The Bertz CT molecular complexity index is 625. The Morgan fingerprint density at radius 1 is 0.789 bits per heavy atom. The first-order chi connectivity index (χ1) is 9.22. The van der Waals surface area contributed by atoms with E-state index in [1.165, 1.54) is 0 Å². The van der Waals surface area contributed by atoms with Crippen molar-refractivity contribution in [3.63, 3.8) is 0 Å². The van der Waals surface area contributed by atoms with Crippen LogP contribution in [0.1, 0.15) is 0 Å². The van der Waals surface area contributed by atoms with E-state index in [4.69, 9.17) is 0 Å². The third-order valence-electron chi connectivity index (χ3n) is 2.93. The second-order valence-electron chi connectivity index (χ2n) is 4.26. The number of hydrogen-bond acceptors (Lipinski definition) is 2. The average Bonchev–Trinajstić information content (AvgIpc) is 2.90. The molecule has 0 saturated heterocycles. The molecule has 0 saturated carbocycles. The van der Waals surface area contributed by atoms with Gasteiger partial charge in [-0.25, -0.2) is 9.13 Å². The number of rotatable bonds is 2. The minimum Gasteiger partial charge on any atom is -0.508 e. The molecule has 0 aliphatic carbocycles. The standard InChI is InChI=1S/C15H12N2O2/c18-14-5-1-12(2-6-14)16-9-10-17(11-16)13-3-7-15(19)8-4-13/h1-11H,(H-,18,19)/p+1. The smallest absolute Gasteiger partial charge is 0.254 e. The molecule has 0 aliphatic rings. The van der Waals surface area contributed by atoms with E-state index in [9.17, 15) is 10.2 Å². The number of benzene rings is 2. The second kappa shape index (κ2) is 4.49. The van der Waals surface area contributed by atoms with Crippen molar-refractivity contribution in [1.82, 2.24) is 4.57 Å². The van der Waals surface area contributed by atoms with Gasteiger partial charge in [0.05, 0.1) is 0 Å². The predicted molar refractivity (Wildman–Crippen MR) is 70.6 cm³/mol. The van der Waals surface area contributed by atoms with Crippen LogP contribution in [0.5, 0.6) is 11.5 Å². The second-order valence-corrected chi connectivity index (χ2v) is 4.26. The van der Waals surface area contributed by atoms with Crippen LogP contribution in [0.25, 0.3) is 11.4 Å². The Balaban J connectivity index is 1.95. The monoisotopic (exact) mass is 253 g/mol. The molecule has 0 atom stereocenters. The molecule has 0 unspecified atom stereocenters. The molecule has 1 aromatic heterocycles. The van der Waals surface area contributed by atoms with Gasteiger partial charge in [-0.15, -0.1) is 0 Å². The average molecular weight is 253 g/mol. The first kappa shape index (κ1) is 11.3. The van der Waals surface area contributed by atoms with Gasteiger partial charge in [-0.2, -0.15) is 0 Å². The number of nitrogens with zero attached hydrogens (tertiary/aromatic N) is 2. The molecule has 3 aromatic rings. The van der Waals surface area contributed by atoms with Crippen LogP contribution < -0.4 is 4.57 Å². The van der Waals surface area contributed by atoms with Gasteiger partial charge in [-0.3, -0.25) is 0 Å². The van der Waals surface area contributed by atoms with E-state index in [0.29, 0.717) is 0 Å². The fourth-order valence-corrected chi connectivity index (χ4v) is 1.91. The van der Waals surface area contributed by atoms with Crippen molar-refractivity contribution in [2.75, 3.05) is 0 Å². The summed E-state index contributed by atoms with van der Waals surface area (Å²) >= 11 is 0. The highest BCUT2D eigenvalue weighted by atomic mass is 16.3. The largest absolute Gasteiger partial charge is 0.508 e. The SMILES string of the molecule is Oc1ccc(-n2cc[n+](-c3ccc(O)cc3)c2)cc1. The summed E-state index contributed by atoms with van der Waals surface area (Å²) in [5, 5.41) is 18.5. The van der Waals surface area contributed by atoms with Gasteiger partial charge in [0.25, 0.3) is 6.33 Å². The predicted octanol–water partition coefficient (Wildman–Crippen LogP) is 2.17. The van der Waals surface area contributed by atoms with E-state index in [0.717, 1.165) is 11.4 Å². The highest BCUT2D eigenvalue weighted by molar-refractivity contribution is 5.36. The van der Waals surface area contributed by atoms with Gasteiger partial charge in [0, 0.05) is 0 Å². The Morgan fingerprint density at radius 3 is 2.00 bits per heavy atom. The molecule has 3 rings (SSSR count). The van der Waals surface area contributed by atoms with Crippen molar-refractivity contribution in [1.29, 1.82) is 0 Å². The van der Waals surface area contributed by atoms with Gasteiger partial charge in [-0.1, -0.05) is 0 Å². The molecular formula is C15H13N2O2+. The Morgan fingerprint density at radius 2 is 1.37 bits per heavy atom. The van der Waals surface area contributed by atoms with Crippen LogP contribution in [-0.4, -0.2) is 14.8 Å². The summed E-state index contributed by atoms with van der Waals surface area (Å²) < 4.78 is 3.90. The lowest BCUT2D eigenvalue weighted by atomic mass is 10.3. The minimum atomic E-state index is 0.252. The molecule has 0 spiro atoms. The minimum absolute atomic E-state index is 0.252. The van der Waals surface area contributed by atoms with Crippen LogP contribution in [0.2, 0.25) is 0 Å². The van der Waals surface area contributed by atoms with Crippen molar-refractivity contribution in [2.45, 2.75) is 0 Å². The number of phenols is 2. The maximum atomic E-state index is 9.27. The van der Waals surface area contributed by atoms with Gasteiger partial charge >= 0.3 is 0 Å². The third kappa shape index (κ3) is 2.28. The zero-order valence-electron chi connectivity index (χ0n) is 10.1. The van der Waals surface area contributed by atoms with Crippen molar-refractivity contribution in [2.24, 2.45) is 0 Å². The molecule has 2 aromatic carbocycles. The summed E-state index contributed by atoms with van der Waals surface area (Å²) in [6.45, 7) is 0. The third-order valence-corrected chi connectivity index (χ3v) is 2.93. The molecule has 0 fully saturated rings. The van der Waals surface area contributed by atoms with Crippen LogP contribution in [0.4, 0.5) is 0 Å². The number of aromatic hydroxyl groups is 2. The molecule has 1 heterocycles. The molecule has 0 amide bonds. The molecule has 4 heteroatoms. The molecule has 0 aliphatic heterocycles. The summed E-state index contributed by atoms with van der Waals surface area (Å²) in [7, 11) is 0. The van der Waals surface area contributed by atoms with Gasteiger partial charge < -0.3 is 10.2 Å². The fraction of sp³-hybridized carbons (Fsp3) is 0. The first-order valence-electron chi connectivity index (χ1n) is 5.90. The van der Waals surface area contributed by atoms with Gasteiger partial charge in [0.15, 0.2) is 0 Å². The summed E-state index contributed by atoms with van der Waals surface area (Å²) in [4.78, 5) is 0. The van der Waals surface area contributed by atoms with E-state index >= 15 is 0 Å². The molecule has 94 valence electrons. The molecule has 0 bridgehead atoms. The van der Waals surface area contributed by atoms with Gasteiger partial charge in [0.1, 0.15) is 35.3 Å². The summed E-state index contributed by atoms with van der Waals surface area (Å²) in [5.41, 5.74) is 1.94. The molecule has 4 nitrogen and oxygen atoms in total. The number of phenolic OH excluding ortho intramolecular Hbond substituents is 2. The number of imidazole rings is 1. The molecule has 19 heavy (non-hydrogen) atoms. The Labute approximate surface area is 110 Å². The van der Waals surface area contributed by atoms with Gasteiger partial charge in [-0.05, 0) is 48.5 Å². The lowest BCUT2D eigenvalue weighted by Crippen LogP contribution is -2.27. The number of aromatic nitrogens is 2. The van der Waals surface area contributed by atoms with Crippen LogP contribution in [0.15, 0.2) is 67.3 Å². The summed E-state index contributed by atoms with van der Waals surface area (Å²) in [5.74, 6) is 0.504. The molecular weight excluding hydrogens is 240 g/mol. The Kier molecular flexibility index (Phi) is 2.68. The van der Waals surface area contributed by atoms with Crippen LogP contribution in [0.3, 0.4) is 0 Å². The van der Waals surface area contributed by atoms with Crippen molar-refractivity contribution in [3.05, 3.63) is 67.3 Å². The lowest BCUT2D eigenvalue weighted by molar-refractivity contribution is -0.594. The highest BCUT2D eigenvalue weighted by Crippen LogP contribution is 2.14. The Hall–Kier alpha value is -2.75. The van der Waals surface area contributed by atoms with Crippen molar-refractivity contribution < 1.29 is 14.8 Å². The number of hydrogen-bond donors (Lipinski definition) is 2. The highest BCUT2D eigenvalue weighted by Gasteiger charge is 2.08. The maximum absolute atomic E-state index is 9.27.